The number of allylic oxidation sites excluding steroid dienone is 2. The summed E-state index contributed by atoms with van der Waals surface area (Å²) in [5.74, 6) is -2.32. The molecule has 3 aromatic carbocycles. The lowest BCUT2D eigenvalue weighted by molar-refractivity contribution is 0.0741. The molecule has 2 atom stereocenters. The van der Waals surface area contributed by atoms with Crippen LogP contribution in [0.4, 0.5) is 15.8 Å². The summed E-state index contributed by atoms with van der Waals surface area (Å²) >= 11 is 0. The number of nitrogens with two attached hydrogens (primary N) is 1. The largest absolute Gasteiger partial charge is 0.366 e. The molecular formula is C33H36FN4O3+. The summed E-state index contributed by atoms with van der Waals surface area (Å²) in [4.78, 5) is 42.1. The van der Waals surface area contributed by atoms with E-state index < -0.39 is 17.6 Å². The van der Waals surface area contributed by atoms with Gasteiger partial charge in [-0.1, -0.05) is 42.5 Å². The second-order valence-corrected chi connectivity index (χ2v) is 11.4. The Morgan fingerprint density at radius 2 is 1.76 bits per heavy atom. The van der Waals surface area contributed by atoms with Crippen molar-refractivity contribution in [2.45, 2.75) is 25.7 Å². The normalized spacial score (nSPS) is 21.5. The van der Waals surface area contributed by atoms with Crippen molar-refractivity contribution >= 4 is 29.1 Å². The van der Waals surface area contributed by atoms with Crippen molar-refractivity contribution in [3.63, 3.8) is 0 Å². The van der Waals surface area contributed by atoms with E-state index in [0.717, 1.165) is 36.9 Å². The Balaban J connectivity index is 1.56. The predicted molar refractivity (Wildman–Crippen MR) is 159 cm³/mol. The second kappa shape index (κ2) is 11.4. The van der Waals surface area contributed by atoms with E-state index in [2.05, 4.69) is 34.5 Å². The van der Waals surface area contributed by atoms with Gasteiger partial charge in [0.15, 0.2) is 0 Å². The van der Waals surface area contributed by atoms with E-state index in [0.29, 0.717) is 25.2 Å². The van der Waals surface area contributed by atoms with Crippen LogP contribution in [0.3, 0.4) is 0 Å². The third kappa shape index (κ3) is 5.58. The number of carbonyl (C=O) groups is 3. The van der Waals surface area contributed by atoms with Crippen LogP contribution in [0.2, 0.25) is 0 Å². The van der Waals surface area contributed by atoms with E-state index in [4.69, 9.17) is 5.73 Å². The number of halogens is 1. The molecule has 0 aromatic heterocycles. The number of carbonyl (C=O) groups excluding carboxylic acids is 3. The minimum atomic E-state index is -0.797. The zero-order chi connectivity index (χ0) is 29.2. The lowest BCUT2D eigenvalue weighted by Gasteiger charge is -2.37. The van der Waals surface area contributed by atoms with Crippen LogP contribution in [0.25, 0.3) is 0 Å². The molecule has 5 rings (SSSR count). The van der Waals surface area contributed by atoms with Crippen molar-refractivity contribution in [2.75, 3.05) is 39.0 Å². The number of primary amides is 1. The average Bonchev–Trinajstić information content (AvgIpc) is 3.36. The van der Waals surface area contributed by atoms with Crippen molar-refractivity contribution in [1.82, 2.24) is 9.38 Å². The van der Waals surface area contributed by atoms with Gasteiger partial charge in [0.1, 0.15) is 18.0 Å². The Labute approximate surface area is 240 Å². The van der Waals surface area contributed by atoms with Gasteiger partial charge in [-0.05, 0) is 75.2 Å². The Morgan fingerprint density at radius 3 is 2.46 bits per heavy atom. The molecule has 0 saturated carbocycles. The van der Waals surface area contributed by atoms with Crippen LogP contribution in [0.15, 0.2) is 78.9 Å². The first kappa shape index (κ1) is 28.4. The third-order valence-electron chi connectivity index (χ3n) is 8.48. The zero-order valence-electron chi connectivity index (χ0n) is 23.5. The molecule has 0 saturated heterocycles. The van der Waals surface area contributed by atoms with Crippen molar-refractivity contribution < 1.29 is 18.8 Å². The van der Waals surface area contributed by atoms with Crippen LogP contribution in [0.1, 0.15) is 55.9 Å². The maximum atomic E-state index is 14.7. The third-order valence-corrected chi connectivity index (χ3v) is 8.48. The number of hydrogen-bond acceptors (Lipinski definition) is 4. The molecule has 0 fully saturated rings. The second-order valence-electron chi connectivity index (χ2n) is 11.4. The lowest BCUT2D eigenvalue weighted by atomic mass is 9.79. The van der Waals surface area contributed by atoms with Gasteiger partial charge in [0.2, 0.25) is 0 Å². The summed E-state index contributed by atoms with van der Waals surface area (Å²) in [7, 11) is 3.98. The first-order chi connectivity index (χ1) is 19.6. The van der Waals surface area contributed by atoms with Gasteiger partial charge in [-0.3, -0.25) is 9.59 Å². The van der Waals surface area contributed by atoms with Gasteiger partial charge >= 0.3 is 5.91 Å². The summed E-state index contributed by atoms with van der Waals surface area (Å²) in [6, 6.07) is 18.3. The highest BCUT2D eigenvalue weighted by Crippen LogP contribution is 2.46. The number of anilines is 1. The van der Waals surface area contributed by atoms with Crippen molar-refractivity contribution in [3.05, 3.63) is 107 Å². The van der Waals surface area contributed by atoms with Gasteiger partial charge in [-0.2, -0.15) is 0 Å². The van der Waals surface area contributed by atoms with Gasteiger partial charge in [0.05, 0.1) is 28.9 Å². The molecule has 1 heterocycles. The van der Waals surface area contributed by atoms with E-state index in [1.807, 2.05) is 26.2 Å². The summed E-state index contributed by atoms with van der Waals surface area (Å²) in [5.41, 5.74) is 8.16. The maximum absolute atomic E-state index is 14.7. The number of fused-ring (bicyclic) bond motifs is 1. The van der Waals surface area contributed by atoms with Crippen LogP contribution >= 0.6 is 0 Å². The number of quaternary nitrogens is 1. The topological polar surface area (TPSA) is 92.5 Å². The van der Waals surface area contributed by atoms with Gasteiger partial charge in [-0.25, -0.2) is 13.7 Å². The molecule has 3 N–H and O–H groups in total. The number of nitrogens with one attached hydrogen (secondary N) is 1. The summed E-state index contributed by atoms with van der Waals surface area (Å²) in [5, 5.41) is 2.59. The number of hydrogen-bond donors (Lipinski definition) is 2. The highest BCUT2D eigenvalue weighted by molar-refractivity contribution is 6.11. The number of nitrogens with zero attached hydrogens (tertiary/aromatic N) is 2. The number of likely N-dealkylation sites (N-methyl/N-ethyl adjacent to an activating group) is 1. The molecule has 1 aliphatic carbocycles. The molecule has 3 aromatic rings. The van der Waals surface area contributed by atoms with E-state index in [1.54, 1.807) is 12.1 Å². The fourth-order valence-electron chi connectivity index (χ4n) is 6.21. The fourth-order valence-corrected chi connectivity index (χ4v) is 6.21. The van der Waals surface area contributed by atoms with Crippen LogP contribution in [-0.4, -0.2) is 56.4 Å². The molecule has 8 heteroatoms. The first-order valence-electron chi connectivity index (χ1n) is 14.0. The Bertz CT molecular complexity index is 1530. The summed E-state index contributed by atoms with van der Waals surface area (Å²) in [6.45, 7) is 1.86. The molecule has 41 heavy (non-hydrogen) atoms. The van der Waals surface area contributed by atoms with Crippen LogP contribution < -0.4 is 15.5 Å². The van der Waals surface area contributed by atoms with Crippen LogP contribution in [0, 0.1) is 11.2 Å². The molecule has 7 nitrogen and oxygen atoms in total. The Kier molecular flexibility index (Phi) is 7.89. The van der Waals surface area contributed by atoms with Crippen LogP contribution in [0.5, 0.6) is 0 Å². The minimum Gasteiger partial charge on any atom is -0.366 e. The van der Waals surface area contributed by atoms with Crippen LogP contribution in [-0.2, 0) is 6.42 Å². The SMILES string of the molecule is CN(C)CC[N+]1(C(=O)c2ccc(NC(=O)c3ccccc3F)c(C(N)=O)c2)CC[C@]2(C=CCC2)Cc2ccccc21. The Morgan fingerprint density at radius 1 is 1.00 bits per heavy atom. The summed E-state index contributed by atoms with van der Waals surface area (Å²) < 4.78 is 14.3. The minimum absolute atomic E-state index is 0.00963. The number of benzene rings is 3. The molecule has 1 aliphatic heterocycles. The van der Waals surface area contributed by atoms with Crippen molar-refractivity contribution in [1.29, 1.82) is 0 Å². The van der Waals surface area contributed by atoms with Gasteiger partial charge in [0, 0.05) is 18.5 Å². The molecule has 0 bridgehead atoms. The first-order valence-corrected chi connectivity index (χ1v) is 14.0. The highest BCUT2D eigenvalue weighted by atomic mass is 19.1. The lowest BCUT2D eigenvalue weighted by Crippen LogP contribution is -2.58. The molecule has 0 radical (unpaired) electrons. The monoisotopic (exact) mass is 555 g/mol. The van der Waals surface area contributed by atoms with E-state index in [9.17, 15) is 18.8 Å². The molecule has 1 unspecified atom stereocenters. The smallest absolute Gasteiger partial charge is 0.351 e. The zero-order valence-corrected chi connectivity index (χ0v) is 23.5. The average molecular weight is 556 g/mol. The fraction of sp³-hybridized carbons (Fsp3) is 0.303. The summed E-state index contributed by atoms with van der Waals surface area (Å²) in [6.07, 6.45) is 8.41. The van der Waals surface area contributed by atoms with Crippen molar-refractivity contribution in [3.8, 4) is 0 Å². The highest BCUT2D eigenvalue weighted by Gasteiger charge is 2.47. The molecule has 3 amide bonds. The quantitative estimate of drug-likeness (QED) is 0.311. The molecule has 1 spiro atoms. The van der Waals surface area contributed by atoms with Gasteiger partial charge in [0.25, 0.3) is 11.8 Å². The van der Waals surface area contributed by atoms with Crippen molar-refractivity contribution in [2.24, 2.45) is 11.1 Å². The standard InChI is InChI=1S/C33H35FN4O3/c1-37(2)18-20-38(19-17-33(15-7-8-16-33)22-24-9-3-6-12-29(24)38)32(41)23-13-14-28(26(21-23)30(35)39)36-31(40)25-10-4-5-11-27(25)34/h3-7,9-15,21H,8,16-20,22H2,1-2H3,(H2-,35,36,39,40,41)/p+1/t33-,38?/m1/s1. The molecular weight excluding hydrogens is 519 g/mol. The van der Waals surface area contributed by atoms with Gasteiger partial charge in [-0.15, -0.1) is 0 Å². The Hall–Kier alpha value is -4.14. The number of para-hydroxylation sites is 1. The number of rotatable bonds is 7. The number of amides is 3. The molecule has 2 aliphatic rings. The van der Waals surface area contributed by atoms with E-state index >= 15 is 0 Å². The van der Waals surface area contributed by atoms with E-state index in [1.165, 1.54) is 30.3 Å². The predicted octanol–water partition coefficient (Wildman–Crippen LogP) is 5.17. The maximum Gasteiger partial charge on any atom is 0.351 e. The van der Waals surface area contributed by atoms with E-state index in [-0.39, 0.29) is 32.6 Å². The molecule has 212 valence electrons. The van der Waals surface area contributed by atoms with Gasteiger partial charge < -0.3 is 16.0 Å².